The van der Waals surface area contributed by atoms with Crippen molar-refractivity contribution in [1.82, 2.24) is 5.32 Å². The molecule has 92 valence electrons. The first-order chi connectivity index (χ1) is 7.95. The summed E-state index contributed by atoms with van der Waals surface area (Å²) in [6.07, 6.45) is 2.13. The molecule has 0 aromatic heterocycles. The van der Waals surface area contributed by atoms with Crippen molar-refractivity contribution in [3.63, 3.8) is 0 Å². The average Bonchev–Trinajstić information content (AvgIpc) is 2.52. The van der Waals surface area contributed by atoms with Gasteiger partial charge in [-0.15, -0.1) is 0 Å². The van der Waals surface area contributed by atoms with Crippen LogP contribution in [0.3, 0.4) is 0 Å². The van der Waals surface area contributed by atoms with Gasteiger partial charge in [-0.2, -0.15) is 0 Å². The van der Waals surface area contributed by atoms with E-state index >= 15 is 0 Å². The first kappa shape index (κ1) is 12.1. The standard InChI is InChI=1S/C12H15NO3S/c1-8(13-2)5-11-6-9-3-4-10(14)7-12(9)17(11,15)16/h3-4,6-8,13-14H,5H2,1-2H3. The molecule has 17 heavy (non-hydrogen) atoms. The van der Waals surface area contributed by atoms with E-state index in [2.05, 4.69) is 5.32 Å². The molecule has 2 rings (SSSR count). The predicted molar refractivity (Wildman–Crippen MR) is 66.4 cm³/mol. The Balaban J connectivity index is 2.43. The molecule has 1 unspecified atom stereocenters. The maximum atomic E-state index is 12.2. The van der Waals surface area contributed by atoms with Crippen molar-refractivity contribution in [1.29, 1.82) is 0 Å². The Morgan fingerprint density at radius 1 is 1.41 bits per heavy atom. The van der Waals surface area contributed by atoms with Gasteiger partial charge < -0.3 is 10.4 Å². The second-order valence-electron chi connectivity index (χ2n) is 4.23. The quantitative estimate of drug-likeness (QED) is 0.857. The Hall–Kier alpha value is -1.33. The van der Waals surface area contributed by atoms with E-state index in [9.17, 15) is 13.5 Å². The third kappa shape index (κ3) is 2.08. The fourth-order valence-electron chi connectivity index (χ4n) is 1.84. The molecule has 0 saturated carbocycles. The minimum absolute atomic E-state index is 0.0244. The number of hydrogen-bond acceptors (Lipinski definition) is 4. The molecular weight excluding hydrogens is 238 g/mol. The van der Waals surface area contributed by atoms with Gasteiger partial charge in [-0.3, -0.25) is 0 Å². The summed E-state index contributed by atoms with van der Waals surface area (Å²) in [5.41, 5.74) is 0.654. The van der Waals surface area contributed by atoms with Gasteiger partial charge in [0.2, 0.25) is 9.84 Å². The average molecular weight is 253 g/mol. The zero-order chi connectivity index (χ0) is 12.6. The monoisotopic (exact) mass is 253 g/mol. The Bertz CT molecular complexity index is 575. The largest absolute Gasteiger partial charge is 0.508 e. The first-order valence-electron chi connectivity index (χ1n) is 5.41. The van der Waals surface area contributed by atoms with Crippen LogP contribution in [0, 0.1) is 0 Å². The fraction of sp³-hybridized carbons (Fsp3) is 0.333. The van der Waals surface area contributed by atoms with Crippen molar-refractivity contribution in [2.75, 3.05) is 7.05 Å². The molecule has 1 atom stereocenters. The Labute approximate surface area is 101 Å². The third-order valence-corrected chi connectivity index (χ3v) is 4.86. The topological polar surface area (TPSA) is 66.4 Å². The van der Waals surface area contributed by atoms with E-state index in [1.807, 2.05) is 6.92 Å². The predicted octanol–water partition coefficient (Wildman–Crippen LogP) is 1.52. The van der Waals surface area contributed by atoms with E-state index in [1.54, 1.807) is 19.2 Å². The van der Waals surface area contributed by atoms with E-state index in [-0.39, 0.29) is 16.7 Å². The van der Waals surface area contributed by atoms with E-state index < -0.39 is 9.84 Å². The van der Waals surface area contributed by atoms with Crippen LogP contribution in [0.1, 0.15) is 18.9 Å². The normalized spacial score (nSPS) is 18.6. The number of sulfone groups is 1. The molecule has 0 spiro atoms. The zero-order valence-electron chi connectivity index (χ0n) is 9.77. The molecule has 1 aromatic rings. The highest BCUT2D eigenvalue weighted by Crippen LogP contribution is 2.36. The molecule has 0 amide bonds. The zero-order valence-corrected chi connectivity index (χ0v) is 10.6. The lowest BCUT2D eigenvalue weighted by Gasteiger charge is -2.10. The molecular formula is C12H15NO3S. The van der Waals surface area contributed by atoms with Crippen LogP contribution in [-0.2, 0) is 9.84 Å². The second-order valence-corrected chi connectivity index (χ2v) is 6.20. The van der Waals surface area contributed by atoms with Crippen molar-refractivity contribution in [3.05, 3.63) is 28.7 Å². The van der Waals surface area contributed by atoms with E-state index in [0.29, 0.717) is 16.9 Å². The Morgan fingerprint density at radius 3 is 2.76 bits per heavy atom. The van der Waals surface area contributed by atoms with E-state index in [0.717, 1.165) is 0 Å². The maximum absolute atomic E-state index is 12.2. The molecule has 4 nitrogen and oxygen atoms in total. The van der Waals surface area contributed by atoms with Crippen LogP contribution in [0.5, 0.6) is 5.75 Å². The van der Waals surface area contributed by atoms with E-state index in [4.69, 9.17) is 0 Å². The summed E-state index contributed by atoms with van der Waals surface area (Å²) in [6.45, 7) is 1.93. The summed E-state index contributed by atoms with van der Waals surface area (Å²) in [5, 5.41) is 12.4. The molecule has 1 heterocycles. The van der Waals surface area contributed by atoms with Gasteiger partial charge in [-0.25, -0.2) is 8.42 Å². The highest BCUT2D eigenvalue weighted by atomic mass is 32.2. The van der Waals surface area contributed by atoms with Crippen molar-refractivity contribution < 1.29 is 13.5 Å². The van der Waals surface area contributed by atoms with Gasteiger partial charge >= 0.3 is 0 Å². The van der Waals surface area contributed by atoms with Gasteiger partial charge in [0.15, 0.2) is 0 Å². The molecule has 5 heteroatoms. The summed E-state index contributed by atoms with van der Waals surface area (Å²) in [6, 6.07) is 4.52. The molecule has 0 radical (unpaired) electrons. The van der Waals surface area contributed by atoms with Gasteiger partial charge in [0.1, 0.15) is 5.75 Å². The highest BCUT2D eigenvalue weighted by molar-refractivity contribution is 7.95. The van der Waals surface area contributed by atoms with Crippen LogP contribution < -0.4 is 5.32 Å². The molecule has 1 aliphatic heterocycles. The SMILES string of the molecule is CNC(C)CC1=Cc2ccc(O)cc2S1(=O)=O. The van der Waals surface area contributed by atoms with Crippen LogP contribution >= 0.6 is 0 Å². The van der Waals surface area contributed by atoms with Crippen molar-refractivity contribution in [2.45, 2.75) is 24.3 Å². The highest BCUT2D eigenvalue weighted by Gasteiger charge is 2.30. The van der Waals surface area contributed by atoms with Gasteiger partial charge in [0.25, 0.3) is 0 Å². The summed E-state index contributed by atoms with van der Waals surface area (Å²) in [7, 11) is -1.62. The van der Waals surface area contributed by atoms with Crippen molar-refractivity contribution in [2.24, 2.45) is 0 Å². The van der Waals surface area contributed by atoms with Gasteiger partial charge in [-0.05, 0) is 50.2 Å². The number of benzene rings is 1. The number of fused-ring (bicyclic) bond motifs is 1. The number of hydrogen-bond donors (Lipinski definition) is 2. The second kappa shape index (κ2) is 4.16. The van der Waals surface area contributed by atoms with Gasteiger partial charge in [0.05, 0.1) is 9.80 Å². The first-order valence-corrected chi connectivity index (χ1v) is 6.89. The number of nitrogens with one attached hydrogen (secondary N) is 1. The van der Waals surface area contributed by atoms with Crippen LogP contribution in [0.15, 0.2) is 28.0 Å². The summed E-state index contributed by atoms with van der Waals surface area (Å²) >= 11 is 0. The van der Waals surface area contributed by atoms with Crippen molar-refractivity contribution in [3.8, 4) is 5.75 Å². The van der Waals surface area contributed by atoms with Crippen LogP contribution in [0.2, 0.25) is 0 Å². The molecule has 2 N–H and O–H groups in total. The molecule has 0 aliphatic carbocycles. The van der Waals surface area contributed by atoms with Crippen LogP contribution in [-0.4, -0.2) is 26.6 Å². The van der Waals surface area contributed by atoms with Gasteiger partial charge in [-0.1, -0.05) is 0 Å². The summed E-state index contributed by atoms with van der Waals surface area (Å²) < 4.78 is 24.4. The van der Waals surface area contributed by atoms with E-state index in [1.165, 1.54) is 12.1 Å². The lowest BCUT2D eigenvalue weighted by Crippen LogP contribution is -2.22. The summed E-state index contributed by atoms with van der Waals surface area (Å²) in [5.74, 6) is -0.0244. The molecule has 0 fully saturated rings. The smallest absolute Gasteiger partial charge is 0.203 e. The van der Waals surface area contributed by atoms with Gasteiger partial charge in [0, 0.05) is 6.04 Å². The molecule has 1 aliphatic rings. The number of phenols is 1. The number of aromatic hydroxyl groups is 1. The van der Waals surface area contributed by atoms with Crippen LogP contribution in [0.4, 0.5) is 0 Å². The molecule has 0 bridgehead atoms. The molecule has 0 saturated heterocycles. The Kier molecular flexibility index (Phi) is 2.97. The Morgan fingerprint density at radius 2 is 2.12 bits per heavy atom. The maximum Gasteiger partial charge on any atom is 0.203 e. The summed E-state index contributed by atoms with van der Waals surface area (Å²) in [4.78, 5) is 0.607. The van der Waals surface area contributed by atoms with Crippen molar-refractivity contribution >= 4 is 15.9 Å². The number of rotatable bonds is 3. The number of phenolic OH excluding ortho intramolecular Hbond substituents is 1. The fourth-order valence-corrected chi connectivity index (χ4v) is 3.59. The lowest BCUT2D eigenvalue weighted by atomic mass is 10.1. The third-order valence-electron chi connectivity index (χ3n) is 2.95. The molecule has 1 aromatic carbocycles. The minimum atomic E-state index is -3.41. The lowest BCUT2D eigenvalue weighted by molar-refractivity contribution is 0.473. The van der Waals surface area contributed by atoms with Crippen LogP contribution in [0.25, 0.3) is 6.08 Å². The minimum Gasteiger partial charge on any atom is -0.508 e.